The van der Waals surface area contributed by atoms with Gasteiger partial charge in [0.2, 0.25) is 0 Å². The van der Waals surface area contributed by atoms with Crippen molar-refractivity contribution in [3.63, 3.8) is 0 Å². The van der Waals surface area contributed by atoms with Crippen LogP contribution in [0.3, 0.4) is 0 Å². The van der Waals surface area contributed by atoms with Crippen LogP contribution >= 0.6 is 0 Å². The minimum absolute atomic E-state index is 0. The Kier molecular flexibility index (Phi) is 8.49. The third-order valence-electron chi connectivity index (χ3n) is 6.18. The molecule has 0 aliphatic carbocycles. The molecule has 3 heterocycles. The van der Waals surface area contributed by atoms with Crippen molar-refractivity contribution in [2.75, 3.05) is 26.8 Å². The molecule has 0 amide bonds. The number of nitrogens with zero attached hydrogens (tertiary/aromatic N) is 7. The molecular formula is C32H25IrN7-4. The molecule has 0 atom stereocenters. The van der Waals surface area contributed by atoms with Crippen molar-refractivity contribution in [3.05, 3.63) is 153 Å². The van der Waals surface area contributed by atoms with Crippen LogP contribution in [0.5, 0.6) is 0 Å². The number of benzene rings is 4. The van der Waals surface area contributed by atoms with E-state index in [4.69, 9.17) is 5.10 Å². The second-order valence-corrected chi connectivity index (χ2v) is 8.78. The van der Waals surface area contributed by atoms with Gasteiger partial charge in [0.1, 0.15) is 18.0 Å². The number of hydrazone groups is 1. The van der Waals surface area contributed by atoms with Crippen molar-refractivity contribution in [3.8, 4) is 0 Å². The number of para-hydroxylation sites is 3. The molecule has 2 aliphatic rings. The molecule has 1 aromatic heterocycles. The molecule has 0 N–H and O–H groups in total. The fourth-order valence-corrected chi connectivity index (χ4v) is 4.29. The molecular weight excluding hydrogens is 675 g/mol. The predicted octanol–water partition coefficient (Wildman–Crippen LogP) is 6.28. The number of anilines is 5. The maximum atomic E-state index is 4.78. The van der Waals surface area contributed by atoms with Crippen LogP contribution in [0, 0.1) is 25.5 Å². The fraction of sp³-hybridized carbons (Fsp3) is 0.0312. The third-order valence-corrected chi connectivity index (χ3v) is 6.18. The zero-order chi connectivity index (χ0) is 26.4. The minimum atomic E-state index is 0. The van der Waals surface area contributed by atoms with E-state index in [0.717, 1.165) is 40.0 Å². The van der Waals surface area contributed by atoms with Crippen LogP contribution in [0.2, 0.25) is 0 Å². The molecule has 40 heavy (non-hydrogen) atoms. The Bertz CT molecular complexity index is 1530. The SMILES string of the molecule is CN1[CH-]N(c2[c-]cccc2)c2ncncc21.[Ir].[c-]1ccccc1N1[CH-]N(c2ccccc2)C(c2ccccc2)=N1. The van der Waals surface area contributed by atoms with Gasteiger partial charge in [0, 0.05) is 31.4 Å². The third kappa shape index (κ3) is 5.73. The van der Waals surface area contributed by atoms with Crippen molar-refractivity contribution in [1.29, 1.82) is 0 Å². The quantitative estimate of drug-likeness (QED) is 0.206. The topological polar surface area (TPSA) is 51.1 Å². The Balaban J connectivity index is 0.000000167. The number of amidine groups is 1. The molecule has 201 valence electrons. The second kappa shape index (κ2) is 12.6. The van der Waals surface area contributed by atoms with Gasteiger partial charge in [0.05, 0.1) is 11.9 Å². The molecule has 1 radical (unpaired) electrons. The molecule has 0 spiro atoms. The molecule has 8 heteroatoms. The fourth-order valence-electron chi connectivity index (χ4n) is 4.29. The first kappa shape index (κ1) is 27.1. The van der Waals surface area contributed by atoms with Gasteiger partial charge in [0.25, 0.3) is 0 Å². The van der Waals surface area contributed by atoms with Gasteiger partial charge >= 0.3 is 0 Å². The predicted molar refractivity (Wildman–Crippen MR) is 156 cm³/mol. The second-order valence-electron chi connectivity index (χ2n) is 8.78. The Hall–Kier alpha value is -4.52. The van der Waals surface area contributed by atoms with E-state index in [9.17, 15) is 0 Å². The summed E-state index contributed by atoms with van der Waals surface area (Å²) in [6.07, 6.45) is 3.36. The van der Waals surface area contributed by atoms with Crippen molar-refractivity contribution in [2.24, 2.45) is 5.10 Å². The molecule has 0 fully saturated rings. The van der Waals surface area contributed by atoms with Crippen LogP contribution in [0.4, 0.5) is 28.6 Å². The van der Waals surface area contributed by atoms with Crippen molar-refractivity contribution in [2.45, 2.75) is 0 Å². The number of hydrogen-bond donors (Lipinski definition) is 0. The van der Waals surface area contributed by atoms with Crippen LogP contribution in [0.15, 0.2) is 127 Å². The van der Waals surface area contributed by atoms with E-state index in [2.05, 4.69) is 51.3 Å². The largest absolute Gasteiger partial charge is 0.501 e. The van der Waals surface area contributed by atoms with Gasteiger partial charge in [-0.3, -0.25) is 0 Å². The standard InChI is InChI=1S/C20H15N3.C12H10N4.Ir/c1-4-10-17(11-5-1)20-21-23(19-14-8-3-9-15-19)16-22(20)18-12-6-2-7-13-18;1-15-9-16(10-5-3-2-4-6-10)12-11(15)7-13-8-14-12;/h1-14,16H;2-5,7-9H,1H3;/q2*-2;. The van der Waals surface area contributed by atoms with Gasteiger partial charge in [-0.05, 0) is 19.2 Å². The van der Waals surface area contributed by atoms with Gasteiger partial charge in [-0.15, -0.1) is 18.4 Å². The molecule has 7 nitrogen and oxygen atoms in total. The zero-order valence-corrected chi connectivity index (χ0v) is 24.1. The van der Waals surface area contributed by atoms with Gasteiger partial charge in [-0.2, -0.15) is 66.4 Å². The van der Waals surface area contributed by atoms with Crippen molar-refractivity contribution < 1.29 is 20.1 Å². The van der Waals surface area contributed by atoms with Gasteiger partial charge in [-0.1, -0.05) is 54.2 Å². The zero-order valence-electron chi connectivity index (χ0n) is 21.7. The summed E-state index contributed by atoms with van der Waals surface area (Å²) in [4.78, 5) is 14.4. The van der Waals surface area contributed by atoms with Gasteiger partial charge in [0.15, 0.2) is 0 Å². The van der Waals surface area contributed by atoms with Crippen LogP contribution in [0.1, 0.15) is 5.56 Å². The molecule has 0 bridgehead atoms. The summed E-state index contributed by atoms with van der Waals surface area (Å²) in [6.45, 7) is 3.97. The average molecular weight is 700 g/mol. The summed E-state index contributed by atoms with van der Waals surface area (Å²) in [5.74, 6) is 1.79. The van der Waals surface area contributed by atoms with E-state index in [-0.39, 0.29) is 20.1 Å². The minimum Gasteiger partial charge on any atom is -0.501 e. The molecule has 5 aromatic rings. The summed E-state index contributed by atoms with van der Waals surface area (Å²) in [5, 5.41) is 6.63. The van der Waals surface area contributed by atoms with E-state index in [0.29, 0.717) is 0 Å². The van der Waals surface area contributed by atoms with Crippen molar-refractivity contribution >= 4 is 34.4 Å². The first-order chi connectivity index (χ1) is 19.3. The number of fused-ring (bicyclic) bond motifs is 1. The summed E-state index contributed by atoms with van der Waals surface area (Å²) in [7, 11) is 1.98. The van der Waals surface area contributed by atoms with Crippen LogP contribution in [-0.4, -0.2) is 22.9 Å². The van der Waals surface area contributed by atoms with E-state index in [1.807, 2.05) is 126 Å². The summed E-state index contributed by atoms with van der Waals surface area (Å²) < 4.78 is 0. The molecule has 0 saturated heterocycles. The number of aromatic nitrogens is 2. The molecule has 4 aromatic carbocycles. The van der Waals surface area contributed by atoms with E-state index in [1.54, 1.807) is 6.33 Å². The van der Waals surface area contributed by atoms with Crippen LogP contribution in [0.25, 0.3) is 0 Å². The average Bonchev–Trinajstić information content (AvgIpc) is 3.62. The molecule has 2 aliphatic heterocycles. The normalized spacial score (nSPS) is 13.7. The van der Waals surface area contributed by atoms with Crippen LogP contribution < -0.4 is 19.7 Å². The Morgan fingerprint density at radius 2 is 1.35 bits per heavy atom. The van der Waals surface area contributed by atoms with Crippen LogP contribution in [-0.2, 0) is 20.1 Å². The van der Waals surface area contributed by atoms with E-state index >= 15 is 0 Å². The molecule has 7 rings (SSSR count). The maximum Gasteiger partial charge on any atom is 0.129 e. The number of rotatable bonds is 4. The molecule has 0 unspecified atom stereocenters. The monoisotopic (exact) mass is 700 g/mol. The summed E-state index contributed by atoms with van der Waals surface area (Å²) in [5.41, 5.74) is 5.05. The maximum absolute atomic E-state index is 4.78. The first-order valence-electron chi connectivity index (χ1n) is 12.5. The van der Waals surface area contributed by atoms with Crippen molar-refractivity contribution in [1.82, 2.24) is 9.97 Å². The Morgan fingerprint density at radius 3 is 2.02 bits per heavy atom. The van der Waals surface area contributed by atoms with Gasteiger partial charge in [-0.25, -0.2) is 9.97 Å². The van der Waals surface area contributed by atoms with Gasteiger partial charge < -0.3 is 19.7 Å². The number of hydrogen-bond acceptors (Lipinski definition) is 7. The summed E-state index contributed by atoms with van der Waals surface area (Å²) >= 11 is 0. The molecule has 0 saturated carbocycles. The Morgan fingerprint density at radius 1 is 0.700 bits per heavy atom. The smallest absolute Gasteiger partial charge is 0.129 e. The van der Waals surface area contributed by atoms with E-state index in [1.165, 1.54) is 0 Å². The Labute approximate surface area is 248 Å². The summed E-state index contributed by atoms with van der Waals surface area (Å²) in [6, 6.07) is 42.5. The first-order valence-corrected chi connectivity index (χ1v) is 12.5. The van der Waals surface area contributed by atoms with E-state index < -0.39 is 0 Å².